The molecule has 1 aromatic heterocycles. The van der Waals surface area contributed by atoms with Crippen LogP contribution in [-0.2, 0) is 6.42 Å². The molecule has 2 nitrogen and oxygen atoms in total. The molecule has 3 rings (SSSR count). The van der Waals surface area contributed by atoms with Gasteiger partial charge < -0.3 is 5.73 Å². The molecule has 0 amide bonds. The molecule has 0 saturated carbocycles. The summed E-state index contributed by atoms with van der Waals surface area (Å²) in [5, 5.41) is 1.11. The average Bonchev–Trinajstić information content (AvgIpc) is 2.74. The number of aromatic nitrogens is 1. The Hall–Kier alpha value is -1.87. The third-order valence-corrected chi connectivity index (χ3v) is 3.81. The highest BCUT2D eigenvalue weighted by atomic mass is 32.1. The van der Waals surface area contributed by atoms with Crippen LogP contribution in [0.1, 0.15) is 10.6 Å². The van der Waals surface area contributed by atoms with Crippen molar-refractivity contribution in [2.24, 2.45) is 0 Å². The van der Waals surface area contributed by atoms with Crippen molar-refractivity contribution >= 4 is 27.2 Å². The van der Waals surface area contributed by atoms with E-state index in [0.717, 1.165) is 27.3 Å². The van der Waals surface area contributed by atoms with Crippen LogP contribution < -0.4 is 5.73 Å². The summed E-state index contributed by atoms with van der Waals surface area (Å²) in [7, 11) is 0. The molecule has 0 atom stereocenters. The molecule has 3 aromatic rings. The van der Waals surface area contributed by atoms with Crippen LogP contribution in [0.15, 0.2) is 48.5 Å². The van der Waals surface area contributed by atoms with Gasteiger partial charge in [0, 0.05) is 6.42 Å². The van der Waals surface area contributed by atoms with E-state index in [1.54, 1.807) is 11.3 Å². The van der Waals surface area contributed by atoms with Crippen molar-refractivity contribution in [1.82, 2.24) is 4.98 Å². The van der Waals surface area contributed by atoms with Crippen molar-refractivity contribution in [3.63, 3.8) is 0 Å². The van der Waals surface area contributed by atoms with E-state index in [0.29, 0.717) is 0 Å². The quantitative estimate of drug-likeness (QED) is 0.697. The van der Waals surface area contributed by atoms with Crippen LogP contribution in [-0.4, -0.2) is 4.98 Å². The van der Waals surface area contributed by atoms with Crippen molar-refractivity contribution in [2.75, 3.05) is 5.73 Å². The average molecular weight is 240 g/mol. The number of nitrogen functional groups attached to an aromatic ring is 1. The van der Waals surface area contributed by atoms with Gasteiger partial charge in [0.1, 0.15) is 0 Å². The van der Waals surface area contributed by atoms with Crippen LogP contribution in [0.4, 0.5) is 5.69 Å². The van der Waals surface area contributed by atoms with Crippen LogP contribution in [0, 0.1) is 0 Å². The van der Waals surface area contributed by atoms with Gasteiger partial charge in [-0.3, -0.25) is 0 Å². The minimum absolute atomic E-state index is 0.819. The summed E-state index contributed by atoms with van der Waals surface area (Å²) in [6.07, 6.45) is 0.875. The summed E-state index contributed by atoms with van der Waals surface area (Å²) in [5.41, 5.74) is 9.04. The standard InChI is InChI=1S/C14H12N2S/c15-11-7-4-8-12-14(11)17-13(16-12)9-10-5-2-1-3-6-10/h1-8H,9,15H2. The molecular formula is C14H12N2S. The van der Waals surface area contributed by atoms with E-state index in [4.69, 9.17) is 5.73 Å². The molecule has 1 heterocycles. The predicted molar refractivity (Wildman–Crippen MR) is 73.3 cm³/mol. The third kappa shape index (κ3) is 2.01. The number of benzene rings is 2. The van der Waals surface area contributed by atoms with E-state index in [9.17, 15) is 0 Å². The van der Waals surface area contributed by atoms with E-state index in [1.165, 1.54) is 5.56 Å². The second-order valence-corrected chi connectivity index (χ2v) is 5.05. The fourth-order valence-electron chi connectivity index (χ4n) is 1.86. The summed E-state index contributed by atoms with van der Waals surface area (Å²) in [4.78, 5) is 4.61. The van der Waals surface area contributed by atoms with Crippen LogP contribution in [0.2, 0.25) is 0 Å². The molecule has 2 aromatic carbocycles. The SMILES string of the molecule is Nc1cccc2nc(Cc3ccccc3)sc12. The summed E-state index contributed by atoms with van der Waals surface area (Å²) in [6.45, 7) is 0. The summed E-state index contributed by atoms with van der Waals surface area (Å²) < 4.78 is 1.10. The predicted octanol–water partition coefficient (Wildman–Crippen LogP) is 3.47. The number of anilines is 1. The van der Waals surface area contributed by atoms with Crippen molar-refractivity contribution in [3.05, 3.63) is 59.1 Å². The molecule has 0 aliphatic carbocycles. The Morgan fingerprint density at radius 1 is 1.00 bits per heavy atom. The summed E-state index contributed by atoms with van der Waals surface area (Å²) >= 11 is 1.68. The lowest BCUT2D eigenvalue weighted by Gasteiger charge is -1.95. The highest BCUT2D eigenvalue weighted by molar-refractivity contribution is 7.19. The maximum absolute atomic E-state index is 5.93. The van der Waals surface area contributed by atoms with Crippen molar-refractivity contribution < 1.29 is 0 Å². The molecule has 0 saturated heterocycles. The number of nitrogens with two attached hydrogens (primary N) is 1. The first-order valence-electron chi connectivity index (χ1n) is 5.51. The molecule has 0 aliphatic heterocycles. The Balaban J connectivity index is 1.99. The Bertz CT molecular complexity index is 644. The number of fused-ring (bicyclic) bond motifs is 1. The third-order valence-electron chi connectivity index (χ3n) is 2.69. The topological polar surface area (TPSA) is 38.9 Å². The number of thiazole rings is 1. The molecule has 2 N–H and O–H groups in total. The summed E-state index contributed by atoms with van der Waals surface area (Å²) in [6, 6.07) is 16.3. The van der Waals surface area contributed by atoms with E-state index < -0.39 is 0 Å². The van der Waals surface area contributed by atoms with Gasteiger partial charge in [-0.15, -0.1) is 11.3 Å². The van der Waals surface area contributed by atoms with Gasteiger partial charge in [-0.1, -0.05) is 36.4 Å². The number of hydrogen-bond acceptors (Lipinski definition) is 3. The van der Waals surface area contributed by atoms with Gasteiger partial charge in [-0.25, -0.2) is 4.98 Å². The number of rotatable bonds is 2. The van der Waals surface area contributed by atoms with Gasteiger partial charge in [0.2, 0.25) is 0 Å². The monoisotopic (exact) mass is 240 g/mol. The lowest BCUT2D eigenvalue weighted by Crippen LogP contribution is -1.85. The zero-order valence-electron chi connectivity index (χ0n) is 9.26. The molecule has 17 heavy (non-hydrogen) atoms. The van der Waals surface area contributed by atoms with Crippen molar-refractivity contribution in [1.29, 1.82) is 0 Å². The number of hydrogen-bond donors (Lipinski definition) is 1. The maximum atomic E-state index is 5.93. The van der Waals surface area contributed by atoms with Crippen molar-refractivity contribution in [3.8, 4) is 0 Å². The molecule has 0 radical (unpaired) electrons. The van der Waals surface area contributed by atoms with Crippen LogP contribution >= 0.6 is 11.3 Å². The van der Waals surface area contributed by atoms with Gasteiger partial charge in [0.15, 0.2) is 0 Å². The van der Waals surface area contributed by atoms with E-state index >= 15 is 0 Å². The van der Waals surface area contributed by atoms with Gasteiger partial charge in [0.05, 0.1) is 20.9 Å². The zero-order valence-corrected chi connectivity index (χ0v) is 10.1. The van der Waals surface area contributed by atoms with Gasteiger partial charge in [-0.2, -0.15) is 0 Å². The number of nitrogens with zero attached hydrogens (tertiary/aromatic N) is 1. The zero-order chi connectivity index (χ0) is 11.7. The molecule has 0 fully saturated rings. The van der Waals surface area contributed by atoms with Crippen LogP contribution in [0.5, 0.6) is 0 Å². The Morgan fingerprint density at radius 3 is 2.59 bits per heavy atom. The van der Waals surface area contributed by atoms with Gasteiger partial charge >= 0.3 is 0 Å². The second kappa shape index (κ2) is 4.18. The minimum atomic E-state index is 0.819. The first-order chi connectivity index (χ1) is 8.33. The van der Waals surface area contributed by atoms with Crippen LogP contribution in [0.3, 0.4) is 0 Å². The van der Waals surface area contributed by atoms with Crippen LogP contribution in [0.25, 0.3) is 10.2 Å². The molecule has 84 valence electrons. The lowest BCUT2D eigenvalue weighted by atomic mass is 10.2. The molecular weight excluding hydrogens is 228 g/mol. The summed E-state index contributed by atoms with van der Waals surface area (Å²) in [5.74, 6) is 0. The van der Waals surface area contributed by atoms with Gasteiger partial charge in [-0.05, 0) is 17.7 Å². The normalized spacial score (nSPS) is 10.8. The van der Waals surface area contributed by atoms with E-state index in [-0.39, 0.29) is 0 Å². The largest absolute Gasteiger partial charge is 0.398 e. The molecule has 0 aliphatic rings. The fraction of sp³-hybridized carbons (Fsp3) is 0.0714. The molecule has 0 bridgehead atoms. The van der Waals surface area contributed by atoms with E-state index in [1.807, 2.05) is 24.3 Å². The second-order valence-electron chi connectivity index (χ2n) is 3.97. The lowest BCUT2D eigenvalue weighted by molar-refractivity contribution is 1.16. The first kappa shape index (κ1) is 10.3. The Morgan fingerprint density at radius 2 is 1.82 bits per heavy atom. The van der Waals surface area contributed by atoms with E-state index in [2.05, 4.69) is 29.2 Å². The molecule has 0 unspecified atom stereocenters. The Kier molecular flexibility index (Phi) is 2.53. The highest BCUT2D eigenvalue weighted by Crippen LogP contribution is 2.28. The first-order valence-corrected chi connectivity index (χ1v) is 6.32. The maximum Gasteiger partial charge on any atom is 0.0983 e. The highest BCUT2D eigenvalue weighted by Gasteiger charge is 2.06. The van der Waals surface area contributed by atoms with Gasteiger partial charge in [0.25, 0.3) is 0 Å². The minimum Gasteiger partial charge on any atom is -0.398 e. The molecule has 3 heteroatoms. The smallest absolute Gasteiger partial charge is 0.0983 e. The fourth-order valence-corrected chi connectivity index (χ4v) is 2.89. The molecule has 0 spiro atoms. The van der Waals surface area contributed by atoms with Crippen molar-refractivity contribution in [2.45, 2.75) is 6.42 Å². The Labute approximate surface area is 104 Å².